The van der Waals surface area contributed by atoms with Crippen LogP contribution >= 0.6 is 0 Å². The lowest BCUT2D eigenvalue weighted by Gasteiger charge is -2.38. The maximum absolute atomic E-state index is 5.81. The van der Waals surface area contributed by atoms with E-state index in [2.05, 4.69) is 29.3 Å². The molecule has 5 nitrogen and oxygen atoms in total. The van der Waals surface area contributed by atoms with Gasteiger partial charge >= 0.3 is 0 Å². The van der Waals surface area contributed by atoms with Crippen molar-refractivity contribution in [2.45, 2.75) is 58.2 Å². The molecule has 1 saturated heterocycles. The van der Waals surface area contributed by atoms with Crippen LogP contribution in [-0.2, 0) is 11.3 Å². The monoisotopic (exact) mass is 239 g/mol. The number of aromatic nitrogens is 2. The molecule has 1 N–H and O–H groups in total. The molecule has 0 radical (unpaired) electrons. The minimum atomic E-state index is 0.0146. The molecule has 96 valence electrons. The van der Waals surface area contributed by atoms with E-state index in [1.54, 1.807) is 0 Å². The summed E-state index contributed by atoms with van der Waals surface area (Å²) in [5.74, 6) is 1.35. The summed E-state index contributed by atoms with van der Waals surface area (Å²) in [6.45, 7) is 7.65. The van der Waals surface area contributed by atoms with Crippen molar-refractivity contribution in [3.05, 3.63) is 11.7 Å². The Balaban J connectivity index is 1.83. The third-order valence-electron chi connectivity index (χ3n) is 3.45. The standard InChI is InChI=1S/C12H21N3O2/c1-4-12(3)7-10(5-6-16-12)13-8-11-14-9(2)15-17-11/h10,13H,4-8H2,1-3H3. The van der Waals surface area contributed by atoms with E-state index in [4.69, 9.17) is 9.26 Å². The van der Waals surface area contributed by atoms with Crippen LogP contribution in [0.25, 0.3) is 0 Å². The summed E-state index contributed by atoms with van der Waals surface area (Å²) >= 11 is 0. The van der Waals surface area contributed by atoms with Crippen molar-refractivity contribution in [3.8, 4) is 0 Å². The molecule has 2 heterocycles. The Bertz CT molecular complexity index is 366. The van der Waals surface area contributed by atoms with Gasteiger partial charge in [-0.3, -0.25) is 0 Å². The van der Waals surface area contributed by atoms with Crippen LogP contribution in [0.4, 0.5) is 0 Å². The van der Waals surface area contributed by atoms with Gasteiger partial charge in [0.25, 0.3) is 0 Å². The minimum Gasteiger partial charge on any atom is -0.375 e. The Hall–Kier alpha value is -0.940. The van der Waals surface area contributed by atoms with Gasteiger partial charge in [0.05, 0.1) is 12.1 Å². The fourth-order valence-electron chi connectivity index (χ4n) is 2.19. The first kappa shape index (κ1) is 12.5. The van der Waals surface area contributed by atoms with Gasteiger partial charge in [-0.25, -0.2) is 0 Å². The summed E-state index contributed by atoms with van der Waals surface area (Å²) in [6, 6.07) is 0.473. The Morgan fingerprint density at radius 3 is 3.00 bits per heavy atom. The highest BCUT2D eigenvalue weighted by atomic mass is 16.5. The second kappa shape index (κ2) is 5.14. The Kier molecular flexibility index (Phi) is 3.79. The fourth-order valence-corrected chi connectivity index (χ4v) is 2.19. The van der Waals surface area contributed by atoms with E-state index in [9.17, 15) is 0 Å². The second-order valence-corrected chi connectivity index (χ2v) is 4.96. The number of hydrogen-bond donors (Lipinski definition) is 1. The average molecular weight is 239 g/mol. The van der Waals surface area contributed by atoms with Crippen molar-refractivity contribution in [2.24, 2.45) is 0 Å². The molecule has 2 unspecified atom stereocenters. The summed E-state index contributed by atoms with van der Waals surface area (Å²) in [7, 11) is 0. The molecule has 5 heteroatoms. The fraction of sp³-hybridized carbons (Fsp3) is 0.833. The topological polar surface area (TPSA) is 60.2 Å². The van der Waals surface area contributed by atoms with Crippen LogP contribution in [0.1, 0.15) is 44.8 Å². The highest BCUT2D eigenvalue weighted by Crippen LogP contribution is 2.27. The SMILES string of the molecule is CCC1(C)CC(NCc2nc(C)no2)CCO1. The van der Waals surface area contributed by atoms with E-state index in [1.165, 1.54) is 0 Å². The lowest BCUT2D eigenvalue weighted by molar-refractivity contribution is -0.0783. The van der Waals surface area contributed by atoms with Crippen LogP contribution < -0.4 is 5.32 Å². The van der Waals surface area contributed by atoms with Crippen molar-refractivity contribution in [3.63, 3.8) is 0 Å². The molecule has 0 amide bonds. The molecule has 0 bridgehead atoms. The third-order valence-corrected chi connectivity index (χ3v) is 3.45. The van der Waals surface area contributed by atoms with Gasteiger partial charge in [0, 0.05) is 12.6 Å². The third kappa shape index (κ3) is 3.26. The zero-order chi connectivity index (χ0) is 12.3. The van der Waals surface area contributed by atoms with Gasteiger partial charge in [0.2, 0.25) is 5.89 Å². The first-order chi connectivity index (χ1) is 8.11. The molecule has 1 aromatic rings. The molecule has 1 aliphatic rings. The van der Waals surface area contributed by atoms with Gasteiger partial charge in [0.1, 0.15) is 0 Å². The van der Waals surface area contributed by atoms with Gasteiger partial charge in [-0.2, -0.15) is 4.98 Å². The normalized spacial score (nSPS) is 29.5. The van der Waals surface area contributed by atoms with Crippen LogP contribution in [0.5, 0.6) is 0 Å². The number of hydrogen-bond acceptors (Lipinski definition) is 5. The van der Waals surface area contributed by atoms with E-state index < -0.39 is 0 Å². The van der Waals surface area contributed by atoms with E-state index in [1.807, 2.05) is 6.92 Å². The summed E-state index contributed by atoms with van der Waals surface area (Å²) in [5.41, 5.74) is 0.0146. The lowest BCUT2D eigenvalue weighted by Crippen LogP contribution is -2.44. The maximum atomic E-state index is 5.81. The molecule has 0 aliphatic carbocycles. The number of rotatable bonds is 4. The molecular formula is C12H21N3O2. The zero-order valence-corrected chi connectivity index (χ0v) is 10.8. The number of nitrogens with zero attached hydrogens (tertiary/aromatic N) is 2. The molecule has 1 aliphatic heterocycles. The van der Waals surface area contributed by atoms with E-state index >= 15 is 0 Å². The summed E-state index contributed by atoms with van der Waals surface area (Å²) < 4.78 is 10.9. The van der Waals surface area contributed by atoms with Crippen LogP contribution in [0, 0.1) is 6.92 Å². The Morgan fingerprint density at radius 1 is 1.53 bits per heavy atom. The Labute approximate surface area is 102 Å². The predicted molar refractivity (Wildman–Crippen MR) is 63.5 cm³/mol. The van der Waals surface area contributed by atoms with E-state index in [0.717, 1.165) is 25.9 Å². The summed E-state index contributed by atoms with van der Waals surface area (Å²) in [6.07, 6.45) is 3.13. The van der Waals surface area contributed by atoms with Gasteiger partial charge in [0.15, 0.2) is 5.82 Å². The van der Waals surface area contributed by atoms with Gasteiger partial charge in [-0.15, -0.1) is 0 Å². The van der Waals surface area contributed by atoms with Crippen molar-refractivity contribution in [2.75, 3.05) is 6.61 Å². The lowest BCUT2D eigenvalue weighted by atomic mass is 9.90. The number of aryl methyl sites for hydroxylation is 1. The average Bonchev–Trinajstić information content (AvgIpc) is 2.73. The molecule has 1 aromatic heterocycles. The first-order valence-electron chi connectivity index (χ1n) is 6.28. The van der Waals surface area contributed by atoms with Gasteiger partial charge < -0.3 is 14.6 Å². The highest BCUT2D eigenvalue weighted by molar-refractivity contribution is 4.88. The minimum absolute atomic E-state index is 0.0146. The molecule has 0 spiro atoms. The maximum Gasteiger partial charge on any atom is 0.240 e. The van der Waals surface area contributed by atoms with E-state index in [-0.39, 0.29) is 5.60 Å². The van der Waals surface area contributed by atoms with Gasteiger partial charge in [-0.05, 0) is 33.1 Å². The van der Waals surface area contributed by atoms with Crippen LogP contribution in [0.2, 0.25) is 0 Å². The summed E-state index contributed by atoms with van der Waals surface area (Å²) in [4.78, 5) is 4.18. The molecule has 0 aromatic carbocycles. The zero-order valence-electron chi connectivity index (χ0n) is 10.8. The molecule has 17 heavy (non-hydrogen) atoms. The van der Waals surface area contributed by atoms with Crippen molar-refractivity contribution < 1.29 is 9.26 Å². The largest absolute Gasteiger partial charge is 0.375 e. The van der Waals surface area contributed by atoms with Crippen molar-refractivity contribution >= 4 is 0 Å². The smallest absolute Gasteiger partial charge is 0.240 e. The predicted octanol–water partition coefficient (Wildman–Crippen LogP) is 1.82. The van der Waals surface area contributed by atoms with Crippen molar-refractivity contribution in [1.82, 2.24) is 15.5 Å². The highest BCUT2D eigenvalue weighted by Gasteiger charge is 2.31. The van der Waals surface area contributed by atoms with Gasteiger partial charge in [-0.1, -0.05) is 12.1 Å². The molecule has 0 saturated carbocycles. The van der Waals surface area contributed by atoms with Crippen molar-refractivity contribution in [1.29, 1.82) is 0 Å². The quantitative estimate of drug-likeness (QED) is 0.868. The van der Waals surface area contributed by atoms with Crippen LogP contribution in [0.15, 0.2) is 4.52 Å². The van der Waals surface area contributed by atoms with Crippen LogP contribution in [-0.4, -0.2) is 28.4 Å². The first-order valence-corrected chi connectivity index (χ1v) is 6.28. The molecule has 1 fully saturated rings. The Morgan fingerprint density at radius 2 is 2.35 bits per heavy atom. The molecule has 2 rings (SSSR count). The second-order valence-electron chi connectivity index (χ2n) is 4.96. The molecule has 2 atom stereocenters. The molecular weight excluding hydrogens is 218 g/mol. The number of ether oxygens (including phenoxy) is 1. The van der Waals surface area contributed by atoms with E-state index in [0.29, 0.717) is 24.3 Å². The number of nitrogens with one attached hydrogen (secondary N) is 1. The summed E-state index contributed by atoms with van der Waals surface area (Å²) in [5, 5.41) is 7.24. The van der Waals surface area contributed by atoms with Crippen LogP contribution in [0.3, 0.4) is 0 Å².